The molecule has 0 unspecified atom stereocenters. The third kappa shape index (κ3) is 12.7. The van der Waals surface area contributed by atoms with Gasteiger partial charge in [0, 0.05) is 18.8 Å². The summed E-state index contributed by atoms with van der Waals surface area (Å²) in [6.45, 7) is 7.28. The van der Waals surface area contributed by atoms with Gasteiger partial charge >= 0.3 is 0 Å². The zero-order valence-corrected chi connectivity index (χ0v) is 21.3. The molecule has 0 atom stereocenters. The SMILES string of the molecule is CCCCCCCCCC=CCOc1cnc(-c2ccc(OCCCCOCCC)cc2)nc1. The van der Waals surface area contributed by atoms with Gasteiger partial charge in [-0.1, -0.05) is 64.5 Å². The first kappa shape index (κ1) is 27.8. The van der Waals surface area contributed by atoms with Crippen LogP contribution in [-0.4, -0.2) is 36.4 Å². The van der Waals surface area contributed by atoms with E-state index in [1.165, 1.54) is 44.9 Å². The molecule has 188 valence electrons. The summed E-state index contributed by atoms with van der Waals surface area (Å²) >= 11 is 0. The van der Waals surface area contributed by atoms with Crippen molar-refractivity contribution < 1.29 is 14.2 Å². The Hall–Kier alpha value is -2.40. The van der Waals surface area contributed by atoms with E-state index in [9.17, 15) is 0 Å². The molecule has 2 aromatic rings. The van der Waals surface area contributed by atoms with E-state index in [-0.39, 0.29) is 0 Å². The van der Waals surface area contributed by atoms with Crippen LogP contribution in [-0.2, 0) is 4.74 Å². The van der Waals surface area contributed by atoms with Crippen LogP contribution < -0.4 is 9.47 Å². The third-order valence-electron chi connectivity index (χ3n) is 5.53. The first-order valence-electron chi connectivity index (χ1n) is 13.2. The second-order valence-electron chi connectivity index (χ2n) is 8.63. The van der Waals surface area contributed by atoms with Gasteiger partial charge in [-0.15, -0.1) is 0 Å². The van der Waals surface area contributed by atoms with Gasteiger partial charge in [0.25, 0.3) is 0 Å². The van der Waals surface area contributed by atoms with Crippen LogP contribution in [0.3, 0.4) is 0 Å². The second-order valence-corrected chi connectivity index (χ2v) is 8.63. The Morgan fingerprint density at radius 2 is 1.35 bits per heavy atom. The van der Waals surface area contributed by atoms with E-state index < -0.39 is 0 Å². The molecule has 0 amide bonds. The number of unbranched alkanes of at least 4 members (excludes halogenated alkanes) is 8. The summed E-state index contributed by atoms with van der Waals surface area (Å²) in [7, 11) is 0. The van der Waals surface area contributed by atoms with Crippen LogP contribution in [0.1, 0.15) is 84.5 Å². The van der Waals surface area contributed by atoms with E-state index in [0.29, 0.717) is 24.8 Å². The summed E-state index contributed by atoms with van der Waals surface area (Å²) in [6.07, 6.45) is 21.4. The Morgan fingerprint density at radius 3 is 2.09 bits per heavy atom. The quantitative estimate of drug-likeness (QED) is 0.146. The molecule has 0 fully saturated rings. The molecule has 0 aliphatic carbocycles. The van der Waals surface area contributed by atoms with Gasteiger partial charge in [0.05, 0.1) is 19.0 Å². The number of benzene rings is 1. The molecule has 0 bridgehead atoms. The number of ether oxygens (including phenoxy) is 3. The largest absolute Gasteiger partial charge is 0.494 e. The predicted molar refractivity (Wildman–Crippen MR) is 141 cm³/mol. The number of hydrogen-bond acceptors (Lipinski definition) is 5. The molecule has 34 heavy (non-hydrogen) atoms. The summed E-state index contributed by atoms with van der Waals surface area (Å²) in [4.78, 5) is 8.89. The molecule has 2 rings (SSSR count). The van der Waals surface area contributed by atoms with Crippen molar-refractivity contribution >= 4 is 0 Å². The smallest absolute Gasteiger partial charge is 0.159 e. The molecule has 0 aliphatic rings. The normalized spacial score (nSPS) is 11.2. The highest BCUT2D eigenvalue weighted by molar-refractivity contribution is 5.56. The lowest BCUT2D eigenvalue weighted by Crippen LogP contribution is -2.01. The molecular formula is C29H44N2O3. The van der Waals surface area contributed by atoms with Crippen molar-refractivity contribution in [2.45, 2.75) is 84.5 Å². The summed E-state index contributed by atoms with van der Waals surface area (Å²) in [6, 6.07) is 7.91. The number of hydrogen-bond donors (Lipinski definition) is 0. The maximum atomic E-state index is 5.81. The molecule has 0 aliphatic heterocycles. The van der Waals surface area contributed by atoms with E-state index in [4.69, 9.17) is 14.2 Å². The predicted octanol–water partition coefficient (Wildman–Crippen LogP) is 7.80. The molecule has 0 N–H and O–H groups in total. The first-order chi connectivity index (χ1) is 16.8. The van der Waals surface area contributed by atoms with Crippen LogP contribution in [0.2, 0.25) is 0 Å². The van der Waals surface area contributed by atoms with E-state index in [0.717, 1.165) is 50.2 Å². The molecule has 1 heterocycles. The average molecular weight is 469 g/mol. The molecular weight excluding hydrogens is 424 g/mol. The highest BCUT2D eigenvalue weighted by Crippen LogP contribution is 2.20. The Labute approximate surface area is 207 Å². The zero-order chi connectivity index (χ0) is 24.1. The van der Waals surface area contributed by atoms with Crippen LogP contribution in [0.15, 0.2) is 48.8 Å². The Kier molecular flexibility index (Phi) is 15.5. The van der Waals surface area contributed by atoms with Crippen LogP contribution in [0, 0.1) is 0 Å². The molecule has 0 saturated heterocycles. The fraction of sp³-hybridized carbons (Fsp3) is 0.586. The summed E-state index contributed by atoms with van der Waals surface area (Å²) in [5.41, 5.74) is 0.960. The highest BCUT2D eigenvalue weighted by atomic mass is 16.5. The average Bonchev–Trinajstić information content (AvgIpc) is 2.87. The molecule has 0 spiro atoms. The van der Waals surface area contributed by atoms with Crippen molar-refractivity contribution in [1.29, 1.82) is 0 Å². The highest BCUT2D eigenvalue weighted by Gasteiger charge is 2.03. The molecule has 0 radical (unpaired) electrons. The molecule has 5 nitrogen and oxygen atoms in total. The van der Waals surface area contributed by atoms with E-state index in [2.05, 4.69) is 36.0 Å². The number of aromatic nitrogens is 2. The Bertz CT molecular complexity index is 760. The van der Waals surface area contributed by atoms with Gasteiger partial charge in [0.15, 0.2) is 11.6 Å². The number of allylic oxidation sites excluding steroid dienone is 1. The van der Waals surface area contributed by atoms with Crippen LogP contribution in [0.5, 0.6) is 11.5 Å². The maximum absolute atomic E-state index is 5.81. The third-order valence-corrected chi connectivity index (χ3v) is 5.53. The van der Waals surface area contributed by atoms with E-state index >= 15 is 0 Å². The van der Waals surface area contributed by atoms with E-state index in [1.807, 2.05) is 24.3 Å². The molecule has 0 saturated carbocycles. The molecule has 5 heteroatoms. The lowest BCUT2D eigenvalue weighted by molar-refractivity contribution is 0.127. The Balaban J connectivity index is 1.60. The monoisotopic (exact) mass is 468 g/mol. The minimum absolute atomic E-state index is 0.552. The second kappa shape index (κ2) is 19.0. The van der Waals surface area contributed by atoms with Crippen molar-refractivity contribution in [3.8, 4) is 22.9 Å². The fourth-order valence-corrected chi connectivity index (χ4v) is 3.53. The van der Waals surface area contributed by atoms with Crippen LogP contribution in [0.4, 0.5) is 0 Å². The van der Waals surface area contributed by atoms with Gasteiger partial charge < -0.3 is 14.2 Å². The summed E-state index contributed by atoms with van der Waals surface area (Å²) < 4.78 is 17.0. The van der Waals surface area contributed by atoms with Crippen molar-refractivity contribution in [3.05, 3.63) is 48.8 Å². The molecule has 1 aromatic carbocycles. The van der Waals surface area contributed by atoms with Crippen molar-refractivity contribution in [2.75, 3.05) is 26.4 Å². The van der Waals surface area contributed by atoms with Gasteiger partial charge in [0.1, 0.15) is 12.4 Å². The van der Waals surface area contributed by atoms with Gasteiger partial charge in [-0.3, -0.25) is 0 Å². The maximum Gasteiger partial charge on any atom is 0.159 e. The Morgan fingerprint density at radius 1 is 0.647 bits per heavy atom. The number of rotatable bonds is 20. The summed E-state index contributed by atoms with van der Waals surface area (Å²) in [5, 5.41) is 0. The van der Waals surface area contributed by atoms with Crippen molar-refractivity contribution in [3.63, 3.8) is 0 Å². The van der Waals surface area contributed by atoms with Gasteiger partial charge in [-0.25, -0.2) is 9.97 Å². The van der Waals surface area contributed by atoms with Crippen molar-refractivity contribution in [1.82, 2.24) is 9.97 Å². The van der Waals surface area contributed by atoms with E-state index in [1.54, 1.807) is 12.4 Å². The minimum Gasteiger partial charge on any atom is -0.494 e. The minimum atomic E-state index is 0.552. The van der Waals surface area contributed by atoms with Gasteiger partial charge in [0.2, 0.25) is 0 Å². The lowest BCUT2D eigenvalue weighted by atomic mass is 10.1. The van der Waals surface area contributed by atoms with Crippen LogP contribution in [0.25, 0.3) is 11.4 Å². The van der Waals surface area contributed by atoms with Gasteiger partial charge in [-0.2, -0.15) is 0 Å². The fourth-order valence-electron chi connectivity index (χ4n) is 3.53. The number of nitrogens with zero attached hydrogens (tertiary/aromatic N) is 2. The standard InChI is InChI=1S/C29H44N2O3/c1-3-5-6-7-8-9-10-11-12-13-22-34-28-24-30-29(31-25-28)26-16-18-27(19-17-26)33-23-15-14-21-32-20-4-2/h12-13,16-19,24-25H,3-11,14-15,20-23H2,1-2H3. The van der Waals surface area contributed by atoms with Crippen LogP contribution >= 0.6 is 0 Å². The zero-order valence-electron chi connectivity index (χ0n) is 21.3. The van der Waals surface area contributed by atoms with Gasteiger partial charge in [-0.05, 0) is 56.4 Å². The topological polar surface area (TPSA) is 53.5 Å². The van der Waals surface area contributed by atoms with Crippen molar-refractivity contribution in [2.24, 2.45) is 0 Å². The summed E-state index contributed by atoms with van der Waals surface area (Å²) in [5.74, 6) is 2.23. The first-order valence-corrected chi connectivity index (χ1v) is 13.2. The lowest BCUT2D eigenvalue weighted by Gasteiger charge is -2.08. The molecule has 1 aromatic heterocycles.